The Kier molecular flexibility index (Phi) is 7.14. The third-order valence-corrected chi connectivity index (χ3v) is 4.27. The predicted molar refractivity (Wildman–Crippen MR) is 94.8 cm³/mol. The maximum Gasteiger partial charge on any atom is 0.224 e. The van der Waals surface area contributed by atoms with Crippen molar-refractivity contribution in [2.24, 2.45) is 5.92 Å². The number of hydrogen-bond donors (Lipinski definition) is 1. The average molecular weight is 316 g/mol. The number of allylic oxidation sites excluding steroid dienone is 2. The van der Waals surface area contributed by atoms with Gasteiger partial charge in [-0.3, -0.25) is 4.79 Å². The van der Waals surface area contributed by atoms with E-state index in [4.69, 9.17) is 4.74 Å². The maximum atomic E-state index is 12.0. The summed E-state index contributed by atoms with van der Waals surface area (Å²) < 4.78 is 5.74. The van der Waals surface area contributed by atoms with Crippen molar-refractivity contribution in [2.75, 3.05) is 31.6 Å². The van der Waals surface area contributed by atoms with Crippen molar-refractivity contribution in [3.05, 3.63) is 36.4 Å². The Morgan fingerprint density at radius 2 is 2.00 bits per heavy atom. The largest absolute Gasteiger partial charge is 0.492 e. The number of nitrogens with one attached hydrogen (secondary N) is 1. The molecule has 0 aromatic heterocycles. The molecule has 0 fully saturated rings. The van der Waals surface area contributed by atoms with Crippen LogP contribution < -0.4 is 10.1 Å². The van der Waals surface area contributed by atoms with Crippen LogP contribution in [0, 0.1) is 5.92 Å². The van der Waals surface area contributed by atoms with Crippen molar-refractivity contribution in [1.82, 2.24) is 4.90 Å². The van der Waals surface area contributed by atoms with Gasteiger partial charge in [-0.2, -0.15) is 0 Å². The molecule has 1 aliphatic rings. The zero-order valence-corrected chi connectivity index (χ0v) is 14.3. The summed E-state index contributed by atoms with van der Waals surface area (Å²) in [4.78, 5) is 14.3. The van der Waals surface area contributed by atoms with Crippen LogP contribution in [-0.2, 0) is 4.79 Å². The molecule has 1 aromatic carbocycles. The molecule has 1 aromatic rings. The van der Waals surface area contributed by atoms with E-state index in [2.05, 4.69) is 36.2 Å². The van der Waals surface area contributed by atoms with E-state index in [9.17, 15) is 4.79 Å². The van der Waals surface area contributed by atoms with Crippen LogP contribution in [-0.4, -0.2) is 37.0 Å². The van der Waals surface area contributed by atoms with E-state index in [-0.39, 0.29) is 5.91 Å². The number of carbonyl (C=O) groups is 1. The van der Waals surface area contributed by atoms with Gasteiger partial charge in [0.1, 0.15) is 12.4 Å². The fraction of sp³-hybridized carbons (Fsp3) is 0.526. The van der Waals surface area contributed by atoms with Gasteiger partial charge >= 0.3 is 0 Å². The van der Waals surface area contributed by atoms with E-state index in [0.717, 1.165) is 43.9 Å². The number of anilines is 1. The maximum absolute atomic E-state index is 12.0. The van der Waals surface area contributed by atoms with Crippen molar-refractivity contribution in [1.29, 1.82) is 0 Å². The van der Waals surface area contributed by atoms with Gasteiger partial charge in [0.2, 0.25) is 5.91 Å². The van der Waals surface area contributed by atoms with Crippen LogP contribution in [0.15, 0.2) is 36.4 Å². The molecular weight excluding hydrogens is 288 g/mol. The summed E-state index contributed by atoms with van der Waals surface area (Å²) >= 11 is 0. The number of nitrogens with zero attached hydrogens (tertiary/aromatic N) is 1. The zero-order valence-electron chi connectivity index (χ0n) is 14.3. The van der Waals surface area contributed by atoms with Crippen LogP contribution in [0.3, 0.4) is 0 Å². The third kappa shape index (κ3) is 6.06. The first kappa shape index (κ1) is 17.5. The molecule has 2 rings (SSSR count). The van der Waals surface area contributed by atoms with Crippen LogP contribution in [0.5, 0.6) is 5.75 Å². The van der Waals surface area contributed by atoms with Crippen LogP contribution in [0.4, 0.5) is 5.69 Å². The lowest BCUT2D eigenvalue weighted by Crippen LogP contribution is -2.27. The minimum absolute atomic E-state index is 0.0803. The SMILES string of the molecule is CCN(CC)CCOc1ccc(NC(=O)CC2C=CCC2)cc1. The van der Waals surface area contributed by atoms with Gasteiger partial charge in [0.15, 0.2) is 0 Å². The van der Waals surface area contributed by atoms with Crippen LogP contribution >= 0.6 is 0 Å². The summed E-state index contributed by atoms with van der Waals surface area (Å²) in [7, 11) is 0. The predicted octanol–water partition coefficient (Wildman–Crippen LogP) is 3.70. The van der Waals surface area contributed by atoms with E-state index < -0.39 is 0 Å². The lowest BCUT2D eigenvalue weighted by atomic mass is 10.1. The van der Waals surface area contributed by atoms with Gasteiger partial charge in [-0.05, 0) is 56.1 Å². The third-order valence-electron chi connectivity index (χ3n) is 4.27. The number of hydrogen-bond acceptors (Lipinski definition) is 3. The van der Waals surface area contributed by atoms with E-state index in [1.807, 2.05) is 24.3 Å². The first-order valence-corrected chi connectivity index (χ1v) is 8.63. The summed E-state index contributed by atoms with van der Waals surface area (Å²) in [6.07, 6.45) is 7.05. The smallest absolute Gasteiger partial charge is 0.224 e. The average Bonchev–Trinajstić information content (AvgIpc) is 3.06. The second-order valence-electron chi connectivity index (χ2n) is 5.92. The van der Waals surface area contributed by atoms with Crippen molar-refractivity contribution >= 4 is 11.6 Å². The summed E-state index contributed by atoms with van der Waals surface area (Å²) in [6, 6.07) is 7.62. The van der Waals surface area contributed by atoms with E-state index >= 15 is 0 Å². The second kappa shape index (κ2) is 9.36. The van der Waals surface area contributed by atoms with Gasteiger partial charge in [-0.25, -0.2) is 0 Å². The topological polar surface area (TPSA) is 41.6 Å². The van der Waals surface area contributed by atoms with Gasteiger partial charge < -0.3 is 15.0 Å². The molecule has 23 heavy (non-hydrogen) atoms. The lowest BCUT2D eigenvalue weighted by Gasteiger charge is -2.18. The summed E-state index contributed by atoms with van der Waals surface area (Å²) in [5.74, 6) is 1.32. The summed E-state index contributed by atoms with van der Waals surface area (Å²) in [5, 5.41) is 2.95. The van der Waals surface area contributed by atoms with Gasteiger partial charge in [-0.15, -0.1) is 0 Å². The van der Waals surface area contributed by atoms with Crippen molar-refractivity contribution in [2.45, 2.75) is 33.1 Å². The molecule has 0 radical (unpaired) electrons. The molecule has 1 unspecified atom stereocenters. The number of carbonyl (C=O) groups excluding carboxylic acids is 1. The highest BCUT2D eigenvalue weighted by molar-refractivity contribution is 5.91. The molecule has 0 aliphatic heterocycles. The number of ether oxygens (including phenoxy) is 1. The molecule has 0 bridgehead atoms. The fourth-order valence-corrected chi connectivity index (χ4v) is 2.78. The molecule has 1 N–H and O–H groups in total. The van der Waals surface area contributed by atoms with Crippen LogP contribution in [0.1, 0.15) is 33.1 Å². The molecule has 1 aliphatic carbocycles. The molecule has 0 saturated heterocycles. The summed E-state index contributed by atoms with van der Waals surface area (Å²) in [5.41, 5.74) is 0.827. The number of amides is 1. The molecule has 126 valence electrons. The van der Waals surface area contributed by atoms with E-state index in [1.165, 1.54) is 0 Å². The van der Waals surface area contributed by atoms with Crippen molar-refractivity contribution in [3.8, 4) is 5.75 Å². The van der Waals surface area contributed by atoms with Gasteiger partial charge in [0.05, 0.1) is 0 Å². The zero-order chi connectivity index (χ0) is 16.5. The minimum atomic E-state index is 0.0803. The molecule has 4 heteroatoms. The van der Waals surface area contributed by atoms with Crippen LogP contribution in [0.25, 0.3) is 0 Å². The quantitative estimate of drug-likeness (QED) is 0.706. The Balaban J connectivity index is 1.73. The molecule has 0 heterocycles. The Morgan fingerprint density at radius 1 is 1.26 bits per heavy atom. The standard InChI is InChI=1S/C19H28N2O2/c1-3-21(4-2)13-14-23-18-11-9-17(10-12-18)20-19(22)15-16-7-5-6-8-16/h5,7,9-12,16H,3-4,6,8,13-15H2,1-2H3,(H,20,22). The second-order valence-corrected chi connectivity index (χ2v) is 5.92. The van der Waals surface area contributed by atoms with Crippen molar-refractivity contribution in [3.63, 3.8) is 0 Å². The minimum Gasteiger partial charge on any atom is -0.492 e. The van der Waals surface area contributed by atoms with Crippen LogP contribution in [0.2, 0.25) is 0 Å². The Labute approximate surface area is 139 Å². The molecule has 0 spiro atoms. The number of likely N-dealkylation sites (N-methyl/N-ethyl adjacent to an activating group) is 1. The Morgan fingerprint density at radius 3 is 2.61 bits per heavy atom. The molecule has 1 atom stereocenters. The van der Waals surface area contributed by atoms with E-state index in [0.29, 0.717) is 18.9 Å². The van der Waals surface area contributed by atoms with Gasteiger partial charge in [0, 0.05) is 18.7 Å². The normalized spacial score (nSPS) is 16.7. The molecule has 4 nitrogen and oxygen atoms in total. The molecule has 1 amide bonds. The Bertz CT molecular complexity index is 507. The first-order valence-electron chi connectivity index (χ1n) is 8.63. The number of rotatable bonds is 9. The molecular formula is C19H28N2O2. The lowest BCUT2D eigenvalue weighted by molar-refractivity contribution is -0.116. The molecule has 0 saturated carbocycles. The highest BCUT2D eigenvalue weighted by Crippen LogP contribution is 2.21. The number of benzene rings is 1. The monoisotopic (exact) mass is 316 g/mol. The highest BCUT2D eigenvalue weighted by atomic mass is 16.5. The summed E-state index contributed by atoms with van der Waals surface area (Å²) in [6.45, 7) is 8.01. The van der Waals surface area contributed by atoms with Gasteiger partial charge in [0.25, 0.3) is 0 Å². The van der Waals surface area contributed by atoms with Crippen molar-refractivity contribution < 1.29 is 9.53 Å². The first-order chi connectivity index (χ1) is 11.2. The van der Waals surface area contributed by atoms with E-state index in [1.54, 1.807) is 0 Å². The fourth-order valence-electron chi connectivity index (χ4n) is 2.78. The highest BCUT2D eigenvalue weighted by Gasteiger charge is 2.13. The Hall–Kier alpha value is -1.81. The van der Waals surface area contributed by atoms with Gasteiger partial charge in [-0.1, -0.05) is 26.0 Å².